The molecule has 0 spiro atoms. The summed E-state index contributed by atoms with van der Waals surface area (Å²) in [5, 5.41) is 0. The Hall–Kier alpha value is 0.390. The second-order valence-electron chi connectivity index (χ2n) is 2.46. The zero-order valence-electron chi connectivity index (χ0n) is 4.59. The lowest BCUT2D eigenvalue weighted by molar-refractivity contribution is 0.591. The van der Waals surface area contributed by atoms with Crippen LogP contribution in [0.25, 0.3) is 0 Å². The number of nitrogens with zero attached hydrogens (tertiary/aromatic N) is 1. The fraction of sp³-hybridized carbons (Fsp3) is 1.00. The van der Waals surface area contributed by atoms with Crippen molar-refractivity contribution in [3.05, 3.63) is 0 Å². The van der Waals surface area contributed by atoms with Crippen LogP contribution in [0, 0.1) is 0 Å². The van der Waals surface area contributed by atoms with Gasteiger partial charge in [-0.2, -0.15) is 0 Å². The van der Waals surface area contributed by atoms with E-state index in [9.17, 15) is 0 Å². The Morgan fingerprint density at radius 1 is 1.57 bits per heavy atom. The third kappa shape index (κ3) is 0.687. The predicted octanol–water partition coefficient (Wildman–Crippen LogP) is 0.753. The van der Waals surface area contributed by atoms with Gasteiger partial charge in [0.15, 0.2) is 0 Å². The number of rotatable bonds is 1. The molecule has 2 aliphatic heterocycles. The first-order valence-corrected chi connectivity index (χ1v) is 4.86. The Morgan fingerprint density at radius 3 is 2.29 bits per heavy atom. The topological polar surface area (TPSA) is 3.01 Å². The van der Waals surface area contributed by atoms with Gasteiger partial charge >= 0.3 is 0 Å². The average Bonchev–Trinajstić information content (AvgIpc) is 2.23. The van der Waals surface area contributed by atoms with E-state index in [4.69, 9.17) is 0 Å². The molecule has 2 unspecified atom stereocenters. The summed E-state index contributed by atoms with van der Waals surface area (Å²) in [4.78, 5) is 2.58. The molecule has 0 radical (unpaired) electrons. The second-order valence-corrected chi connectivity index (χ2v) is 4.93. The molecule has 0 aromatic heterocycles. The van der Waals surface area contributed by atoms with Crippen molar-refractivity contribution in [1.82, 2.24) is 4.90 Å². The van der Waals surface area contributed by atoms with Crippen molar-refractivity contribution in [3.8, 4) is 0 Å². The summed E-state index contributed by atoms with van der Waals surface area (Å²) in [6.07, 6.45) is 1.54. The molecule has 40 valence electrons. The fourth-order valence-corrected chi connectivity index (χ4v) is 2.89. The van der Waals surface area contributed by atoms with Crippen molar-refractivity contribution in [2.24, 2.45) is 0 Å². The van der Waals surface area contributed by atoms with Crippen molar-refractivity contribution in [2.75, 3.05) is 25.9 Å². The summed E-state index contributed by atoms with van der Waals surface area (Å²) >= 11 is 0. The Kier molecular flexibility index (Phi) is 0.741. The lowest BCUT2D eigenvalue weighted by Gasteiger charge is -1.89. The molecule has 2 fully saturated rings. The Bertz CT molecular complexity index is 90.1. The van der Waals surface area contributed by atoms with Crippen LogP contribution in [-0.2, 0) is 0 Å². The summed E-state index contributed by atoms with van der Waals surface area (Å²) in [5.74, 6) is 1.08. The molecule has 0 aromatic rings. The molecule has 2 aliphatic rings. The van der Waals surface area contributed by atoms with Crippen molar-refractivity contribution < 1.29 is 0 Å². The molecule has 0 aliphatic carbocycles. The highest BCUT2D eigenvalue weighted by atomic mass is 31.1. The Balaban J connectivity index is 1.88. The lowest BCUT2D eigenvalue weighted by Crippen LogP contribution is -1.97. The second kappa shape index (κ2) is 1.21. The molecule has 2 heteroatoms. The van der Waals surface area contributed by atoms with Gasteiger partial charge in [-0.25, -0.2) is 0 Å². The molecule has 0 saturated carbocycles. The van der Waals surface area contributed by atoms with Crippen LogP contribution in [0.2, 0.25) is 0 Å². The van der Waals surface area contributed by atoms with Crippen LogP contribution in [0.1, 0.15) is 0 Å². The SMILES string of the molecule is CP1CC1N1CC1. The maximum atomic E-state index is 2.58. The first-order chi connectivity index (χ1) is 3.38. The molecule has 0 N–H and O–H groups in total. The maximum absolute atomic E-state index is 2.58. The molecular formula is C5H10NP. The highest BCUT2D eigenvalue weighted by Crippen LogP contribution is 2.58. The van der Waals surface area contributed by atoms with E-state index < -0.39 is 0 Å². The maximum Gasteiger partial charge on any atom is 0.0335 e. The van der Waals surface area contributed by atoms with Gasteiger partial charge < -0.3 is 0 Å². The largest absolute Gasteiger partial charge is 0.294 e. The van der Waals surface area contributed by atoms with E-state index in [2.05, 4.69) is 11.6 Å². The molecule has 2 heterocycles. The molecule has 7 heavy (non-hydrogen) atoms. The van der Waals surface area contributed by atoms with E-state index in [0.717, 1.165) is 5.78 Å². The average molecular weight is 115 g/mol. The van der Waals surface area contributed by atoms with E-state index in [0.29, 0.717) is 7.92 Å². The monoisotopic (exact) mass is 115 g/mol. The summed E-state index contributed by atoms with van der Waals surface area (Å²) in [6, 6.07) is 0. The van der Waals surface area contributed by atoms with Gasteiger partial charge in [-0.05, 0) is 12.8 Å². The molecular weight excluding hydrogens is 105 g/mol. The van der Waals surface area contributed by atoms with Gasteiger partial charge in [0.2, 0.25) is 0 Å². The van der Waals surface area contributed by atoms with Crippen LogP contribution in [0.3, 0.4) is 0 Å². The van der Waals surface area contributed by atoms with Crippen molar-refractivity contribution in [2.45, 2.75) is 5.78 Å². The standard InChI is InChI=1S/C5H10NP/c1-7-4-5(7)6-2-3-6/h5H,2-4H2,1H3. The molecule has 2 rings (SSSR count). The van der Waals surface area contributed by atoms with Gasteiger partial charge in [-0.3, -0.25) is 4.90 Å². The van der Waals surface area contributed by atoms with Gasteiger partial charge in [0.05, 0.1) is 0 Å². The Labute approximate surface area is 45.4 Å². The van der Waals surface area contributed by atoms with Gasteiger partial charge in [0.1, 0.15) is 0 Å². The minimum atomic E-state index is 0.515. The zero-order valence-corrected chi connectivity index (χ0v) is 5.49. The van der Waals surface area contributed by atoms with Gasteiger partial charge in [0, 0.05) is 18.9 Å². The van der Waals surface area contributed by atoms with Crippen molar-refractivity contribution in [3.63, 3.8) is 0 Å². The summed E-state index contributed by atoms with van der Waals surface area (Å²) in [6.45, 7) is 5.20. The molecule has 2 saturated heterocycles. The molecule has 0 amide bonds. The van der Waals surface area contributed by atoms with Gasteiger partial charge in [0.25, 0.3) is 0 Å². The quantitative estimate of drug-likeness (QED) is 0.360. The zero-order chi connectivity index (χ0) is 4.85. The van der Waals surface area contributed by atoms with Crippen LogP contribution in [0.5, 0.6) is 0 Å². The van der Waals surface area contributed by atoms with Crippen LogP contribution in [-0.4, -0.2) is 36.6 Å². The third-order valence-electron chi connectivity index (χ3n) is 1.73. The van der Waals surface area contributed by atoms with Crippen molar-refractivity contribution >= 4 is 7.92 Å². The third-order valence-corrected chi connectivity index (χ3v) is 3.71. The van der Waals surface area contributed by atoms with E-state index in [1.54, 1.807) is 0 Å². The normalized spacial score (nSPS) is 49.3. The fourth-order valence-electron chi connectivity index (χ4n) is 0.960. The minimum absolute atomic E-state index is 0.515. The van der Waals surface area contributed by atoms with Crippen molar-refractivity contribution in [1.29, 1.82) is 0 Å². The first-order valence-electron chi connectivity index (χ1n) is 2.82. The van der Waals surface area contributed by atoms with E-state index >= 15 is 0 Å². The lowest BCUT2D eigenvalue weighted by atomic mass is 10.8. The predicted molar refractivity (Wildman–Crippen MR) is 33.1 cm³/mol. The van der Waals surface area contributed by atoms with Crippen LogP contribution < -0.4 is 0 Å². The number of hydrogen-bond acceptors (Lipinski definition) is 1. The molecule has 1 nitrogen and oxygen atoms in total. The molecule has 0 aromatic carbocycles. The summed E-state index contributed by atoms with van der Waals surface area (Å²) in [7, 11) is 0.515. The van der Waals surface area contributed by atoms with E-state index in [-0.39, 0.29) is 0 Å². The summed E-state index contributed by atoms with van der Waals surface area (Å²) in [5.41, 5.74) is 0. The van der Waals surface area contributed by atoms with Gasteiger partial charge in [-0.1, -0.05) is 7.92 Å². The van der Waals surface area contributed by atoms with Gasteiger partial charge in [-0.15, -0.1) is 0 Å². The smallest absolute Gasteiger partial charge is 0.0335 e. The van der Waals surface area contributed by atoms with Crippen LogP contribution in [0.15, 0.2) is 0 Å². The molecule has 2 atom stereocenters. The first kappa shape index (κ1) is 4.29. The van der Waals surface area contributed by atoms with E-state index in [1.165, 1.54) is 19.3 Å². The van der Waals surface area contributed by atoms with E-state index in [1.807, 2.05) is 0 Å². The Morgan fingerprint density at radius 2 is 2.14 bits per heavy atom. The van der Waals surface area contributed by atoms with Crippen LogP contribution >= 0.6 is 7.92 Å². The highest BCUT2D eigenvalue weighted by Gasteiger charge is 2.42. The van der Waals surface area contributed by atoms with Crippen LogP contribution in [0.4, 0.5) is 0 Å². The minimum Gasteiger partial charge on any atom is -0.294 e. The highest BCUT2D eigenvalue weighted by molar-refractivity contribution is 7.65. The summed E-state index contributed by atoms with van der Waals surface area (Å²) < 4.78 is 0. The number of hydrogen-bond donors (Lipinski definition) is 0. The molecule has 0 bridgehead atoms.